The summed E-state index contributed by atoms with van der Waals surface area (Å²) in [5.74, 6) is 0.183. The number of nitrogens with one attached hydrogen (secondary N) is 2. The van der Waals surface area contributed by atoms with Gasteiger partial charge < -0.3 is 10.6 Å². The topological polar surface area (TPSA) is 93.1 Å². The minimum absolute atomic E-state index is 0.0605. The number of fused-ring (bicyclic) bond motifs is 2. The zero-order valence-electron chi connectivity index (χ0n) is 16.9. The van der Waals surface area contributed by atoms with Crippen LogP contribution in [0.2, 0.25) is 0 Å². The highest BCUT2D eigenvalue weighted by atomic mass is 16.2. The van der Waals surface area contributed by atoms with E-state index in [4.69, 9.17) is 0 Å². The van der Waals surface area contributed by atoms with E-state index < -0.39 is 11.8 Å². The predicted molar refractivity (Wildman–Crippen MR) is 112 cm³/mol. The Bertz CT molecular complexity index is 989. The number of hydrogen-bond donors (Lipinski definition) is 2. The minimum atomic E-state index is -0.703. The summed E-state index contributed by atoms with van der Waals surface area (Å²) in [6.45, 7) is 2.89. The molecule has 1 aromatic carbocycles. The third-order valence-corrected chi connectivity index (χ3v) is 6.13. The van der Waals surface area contributed by atoms with Crippen molar-refractivity contribution in [1.29, 1.82) is 0 Å². The molecule has 2 N–H and O–H groups in total. The van der Waals surface area contributed by atoms with E-state index in [0.717, 1.165) is 57.2 Å². The lowest BCUT2D eigenvalue weighted by Crippen LogP contribution is -2.43. The van der Waals surface area contributed by atoms with Crippen LogP contribution in [-0.4, -0.2) is 27.4 Å². The number of aromatic nitrogens is 2. The molecule has 7 heteroatoms. The fourth-order valence-electron chi connectivity index (χ4n) is 4.34. The van der Waals surface area contributed by atoms with E-state index in [1.54, 1.807) is 22.8 Å². The lowest BCUT2D eigenvalue weighted by Gasteiger charge is -2.26. The van der Waals surface area contributed by atoms with Gasteiger partial charge in [-0.1, -0.05) is 13.3 Å². The zero-order chi connectivity index (χ0) is 20.4. The maximum atomic E-state index is 12.9. The Hall–Kier alpha value is -2.70. The molecular weight excluding hydrogens is 368 g/mol. The van der Waals surface area contributed by atoms with Crippen molar-refractivity contribution >= 4 is 28.4 Å². The Morgan fingerprint density at radius 1 is 1.07 bits per heavy atom. The molecular formula is C22H28N4O3. The molecule has 29 heavy (non-hydrogen) atoms. The van der Waals surface area contributed by atoms with Gasteiger partial charge in [0.15, 0.2) is 0 Å². The van der Waals surface area contributed by atoms with Crippen LogP contribution in [0.4, 0.5) is 5.69 Å². The van der Waals surface area contributed by atoms with Gasteiger partial charge in [-0.2, -0.15) is 0 Å². The van der Waals surface area contributed by atoms with E-state index >= 15 is 0 Å². The van der Waals surface area contributed by atoms with E-state index in [1.807, 2.05) is 0 Å². The molecule has 1 aliphatic heterocycles. The second-order valence-electron chi connectivity index (χ2n) is 8.41. The SMILES string of the molecule is CC1CCC(NC(=O)C(=O)Nc2ccc3nc4n(c(=O)c3c2)CCCCC4)CC1. The van der Waals surface area contributed by atoms with Crippen molar-refractivity contribution in [3.63, 3.8) is 0 Å². The summed E-state index contributed by atoms with van der Waals surface area (Å²) in [5, 5.41) is 5.92. The third kappa shape index (κ3) is 4.33. The van der Waals surface area contributed by atoms with Crippen LogP contribution in [0.15, 0.2) is 23.0 Å². The predicted octanol–water partition coefficient (Wildman–Crippen LogP) is 2.76. The maximum absolute atomic E-state index is 12.9. The summed E-state index contributed by atoms with van der Waals surface area (Å²) < 4.78 is 1.75. The highest BCUT2D eigenvalue weighted by Crippen LogP contribution is 2.23. The summed E-state index contributed by atoms with van der Waals surface area (Å²) >= 11 is 0. The molecule has 1 aliphatic carbocycles. The van der Waals surface area contributed by atoms with Gasteiger partial charge in [-0.3, -0.25) is 19.0 Å². The molecule has 2 aromatic rings. The molecule has 0 unspecified atom stereocenters. The first-order chi connectivity index (χ1) is 14.0. The number of anilines is 1. The lowest BCUT2D eigenvalue weighted by atomic mass is 9.87. The molecule has 1 saturated carbocycles. The van der Waals surface area contributed by atoms with E-state index in [-0.39, 0.29) is 11.6 Å². The monoisotopic (exact) mass is 396 g/mol. The number of benzene rings is 1. The summed E-state index contributed by atoms with van der Waals surface area (Å²) in [7, 11) is 0. The molecule has 0 bridgehead atoms. The highest BCUT2D eigenvalue weighted by Gasteiger charge is 2.23. The van der Waals surface area contributed by atoms with Gasteiger partial charge in [0.1, 0.15) is 5.82 Å². The minimum Gasteiger partial charge on any atom is -0.345 e. The van der Waals surface area contributed by atoms with Crippen LogP contribution in [0.1, 0.15) is 57.7 Å². The van der Waals surface area contributed by atoms with Crippen molar-refractivity contribution in [2.45, 2.75) is 70.9 Å². The van der Waals surface area contributed by atoms with Crippen LogP contribution in [0.25, 0.3) is 10.9 Å². The fourth-order valence-corrected chi connectivity index (χ4v) is 4.34. The maximum Gasteiger partial charge on any atom is 0.313 e. The van der Waals surface area contributed by atoms with E-state index in [9.17, 15) is 14.4 Å². The fraction of sp³-hybridized carbons (Fsp3) is 0.545. The standard InChI is InChI=1S/C22H28N4O3/c1-14-6-8-15(9-7-14)23-20(27)21(28)24-16-10-11-18-17(13-16)22(29)26-12-4-2-3-5-19(26)25-18/h10-11,13-15H,2-9,12H2,1H3,(H,23,27)(H,24,28). The summed E-state index contributed by atoms with van der Waals surface area (Å²) in [6, 6.07) is 5.11. The second kappa shape index (κ2) is 8.35. The van der Waals surface area contributed by atoms with Gasteiger partial charge in [-0.25, -0.2) is 4.98 Å². The molecule has 0 saturated heterocycles. The number of hydrogen-bond acceptors (Lipinski definition) is 4. The molecule has 7 nitrogen and oxygen atoms in total. The third-order valence-electron chi connectivity index (χ3n) is 6.13. The summed E-state index contributed by atoms with van der Waals surface area (Å²) in [6.07, 6.45) is 7.86. The molecule has 154 valence electrons. The van der Waals surface area contributed by atoms with Crippen molar-refractivity contribution in [2.24, 2.45) is 5.92 Å². The zero-order valence-corrected chi connectivity index (χ0v) is 16.9. The second-order valence-corrected chi connectivity index (χ2v) is 8.41. The van der Waals surface area contributed by atoms with Gasteiger partial charge in [0.2, 0.25) is 0 Å². The van der Waals surface area contributed by atoms with Gasteiger partial charge in [-0.15, -0.1) is 0 Å². The van der Waals surface area contributed by atoms with Gasteiger partial charge in [0, 0.05) is 24.7 Å². The number of carbonyl (C=O) groups excluding carboxylic acids is 2. The average molecular weight is 396 g/mol. The van der Waals surface area contributed by atoms with Crippen LogP contribution in [0.5, 0.6) is 0 Å². The Labute approximate surface area is 169 Å². The molecule has 0 spiro atoms. The summed E-state index contributed by atoms with van der Waals surface area (Å²) in [5.41, 5.74) is 0.980. The molecule has 1 aromatic heterocycles. The molecule has 2 amide bonds. The van der Waals surface area contributed by atoms with Gasteiger partial charge in [0.25, 0.3) is 5.56 Å². The van der Waals surface area contributed by atoms with E-state index in [2.05, 4.69) is 22.5 Å². The van der Waals surface area contributed by atoms with Crippen LogP contribution in [-0.2, 0) is 22.6 Å². The average Bonchev–Trinajstić information content (AvgIpc) is 2.96. The van der Waals surface area contributed by atoms with Crippen molar-refractivity contribution < 1.29 is 9.59 Å². The number of carbonyl (C=O) groups is 2. The van der Waals surface area contributed by atoms with Crippen molar-refractivity contribution in [3.05, 3.63) is 34.4 Å². The largest absolute Gasteiger partial charge is 0.345 e. The quantitative estimate of drug-likeness (QED) is 0.764. The molecule has 1 fully saturated rings. The van der Waals surface area contributed by atoms with Gasteiger partial charge >= 0.3 is 11.8 Å². The van der Waals surface area contributed by atoms with Crippen LogP contribution >= 0.6 is 0 Å². The van der Waals surface area contributed by atoms with Crippen LogP contribution < -0.4 is 16.2 Å². The van der Waals surface area contributed by atoms with Crippen LogP contribution in [0, 0.1) is 5.92 Å². The Kier molecular flexibility index (Phi) is 5.65. The van der Waals surface area contributed by atoms with Crippen LogP contribution in [0.3, 0.4) is 0 Å². The molecule has 0 radical (unpaired) electrons. The number of aryl methyl sites for hydroxylation is 1. The molecule has 0 atom stereocenters. The van der Waals surface area contributed by atoms with Gasteiger partial charge in [-0.05, 0) is 62.6 Å². The Morgan fingerprint density at radius 2 is 1.86 bits per heavy atom. The molecule has 2 aliphatic rings. The molecule has 4 rings (SSSR count). The first kappa shape index (κ1) is 19.6. The smallest absolute Gasteiger partial charge is 0.313 e. The number of amides is 2. The van der Waals surface area contributed by atoms with Crippen molar-refractivity contribution in [2.75, 3.05) is 5.32 Å². The van der Waals surface area contributed by atoms with Crippen molar-refractivity contribution in [3.8, 4) is 0 Å². The number of nitrogens with zero attached hydrogens (tertiary/aromatic N) is 2. The first-order valence-electron chi connectivity index (χ1n) is 10.7. The number of rotatable bonds is 2. The van der Waals surface area contributed by atoms with E-state index in [0.29, 0.717) is 29.1 Å². The van der Waals surface area contributed by atoms with Crippen molar-refractivity contribution in [1.82, 2.24) is 14.9 Å². The normalized spacial score (nSPS) is 21.8. The lowest BCUT2D eigenvalue weighted by molar-refractivity contribution is -0.136. The van der Waals surface area contributed by atoms with E-state index in [1.165, 1.54) is 0 Å². The summed E-state index contributed by atoms with van der Waals surface area (Å²) in [4.78, 5) is 42.1. The first-order valence-corrected chi connectivity index (χ1v) is 10.7. The Morgan fingerprint density at radius 3 is 2.66 bits per heavy atom. The highest BCUT2D eigenvalue weighted by molar-refractivity contribution is 6.39. The molecule has 2 heterocycles. The van der Waals surface area contributed by atoms with Gasteiger partial charge in [0.05, 0.1) is 10.9 Å². The Balaban J connectivity index is 1.49.